The van der Waals surface area contributed by atoms with Crippen LogP contribution in [0.3, 0.4) is 0 Å². The van der Waals surface area contributed by atoms with Crippen molar-refractivity contribution in [3.8, 4) is 11.5 Å². The third-order valence-electron chi connectivity index (χ3n) is 2.87. The first-order valence-corrected chi connectivity index (χ1v) is 7.36. The molecule has 0 bridgehead atoms. The number of aliphatic hydroxyl groups is 1. The van der Waals surface area contributed by atoms with Crippen molar-refractivity contribution in [1.82, 2.24) is 5.32 Å². The first-order chi connectivity index (χ1) is 8.60. The SMILES string of the molecule is CSCCC(CO)NC(C)c1c(O)cccc1O. The average molecular weight is 271 g/mol. The lowest BCUT2D eigenvalue weighted by molar-refractivity contribution is 0.229. The molecule has 0 aliphatic rings. The molecule has 0 fully saturated rings. The molecule has 102 valence electrons. The van der Waals surface area contributed by atoms with Crippen LogP contribution in [-0.4, -0.2) is 40.0 Å². The van der Waals surface area contributed by atoms with Gasteiger partial charge in [-0.3, -0.25) is 0 Å². The highest BCUT2D eigenvalue weighted by molar-refractivity contribution is 7.98. The summed E-state index contributed by atoms with van der Waals surface area (Å²) in [5.74, 6) is 1.09. The molecule has 18 heavy (non-hydrogen) atoms. The Bertz CT molecular complexity index is 353. The maximum Gasteiger partial charge on any atom is 0.124 e. The van der Waals surface area contributed by atoms with E-state index in [0.717, 1.165) is 12.2 Å². The Balaban J connectivity index is 2.71. The van der Waals surface area contributed by atoms with E-state index in [1.807, 2.05) is 13.2 Å². The molecule has 1 rings (SSSR count). The topological polar surface area (TPSA) is 72.7 Å². The van der Waals surface area contributed by atoms with Gasteiger partial charge in [0.1, 0.15) is 11.5 Å². The van der Waals surface area contributed by atoms with Gasteiger partial charge >= 0.3 is 0 Å². The van der Waals surface area contributed by atoms with Gasteiger partial charge in [-0.15, -0.1) is 0 Å². The second-order valence-electron chi connectivity index (χ2n) is 4.26. The van der Waals surface area contributed by atoms with Crippen molar-refractivity contribution in [2.45, 2.75) is 25.4 Å². The van der Waals surface area contributed by atoms with E-state index in [0.29, 0.717) is 5.56 Å². The summed E-state index contributed by atoms with van der Waals surface area (Å²) in [6.07, 6.45) is 2.86. The minimum absolute atomic E-state index is 0.0357. The molecule has 0 amide bonds. The highest BCUT2D eigenvalue weighted by atomic mass is 32.2. The van der Waals surface area contributed by atoms with Gasteiger partial charge in [0.05, 0.1) is 12.2 Å². The number of aliphatic hydroxyl groups excluding tert-OH is 1. The Kier molecular flexibility index (Phi) is 6.32. The molecule has 0 radical (unpaired) electrons. The van der Waals surface area contributed by atoms with Crippen LogP contribution in [0.1, 0.15) is 24.9 Å². The molecular weight excluding hydrogens is 250 g/mol. The second kappa shape index (κ2) is 7.51. The molecule has 2 atom stereocenters. The van der Waals surface area contributed by atoms with Gasteiger partial charge in [-0.2, -0.15) is 11.8 Å². The molecule has 2 unspecified atom stereocenters. The molecule has 1 aromatic carbocycles. The fourth-order valence-corrected chi connectivity index (χ4v) is 2.43. The summed E-state index contributed by atoms with van der Waals surface area (Å²) < 4.78 is 0. The fraction of sp³-hybridized carbons (Fsp3) is 0.538. The Morgan fingerprint density at radius 2 is 1.89 bits per heavy atom. The lowest BCUT2D eigenvalue weighted by Crippen LogP contribution is -2.35. The molecule has 0 aromatic heterocycles. The number of rotatable bonds is 7. The molecule has 5 heteroatoms. The summed E-state index contributed by atoms with van der Waals surface area (Å²) in [6, 6.07) is 4.43. The van der Waals surface area contributed by atoms with Gasteiger partial charge in [0, 0.05) is 12.1 Å². The summed E-state index contributed by atoms with van der Waals surface area (Å²) in [7, 11) is 0. The second-order valence-corrected chi connectivity index (χ2v) is 5.24. The first kappa shape index (κ1) is 15.1. The van der Waals surface area contributed by atoms with Crippen molar-refractivity contribution < 1.29 is 15.3 Å². The van der Waals surface area contributed by atoms with E-state index >= 15 is 0 Å². The van der Waals surface area contributed by atoms with Crippen LogP contribution >= 0.6 is 11.8 Å². The van der Waals surface area contributed by atoms with Crippen molar-refractivity contribution in [3.63, 3.8) is 0 Å². The molecule has 0 heterocycles. The van der Waals surface area contributed by atoms with Gasteiger partial charge in [-0.05, 0) is 37.5 Å². The zero-order chi connectivity index (χ0) is 13.5. The van der Waals surface area contributed by atoms with Crippen LogP contribution < -0.4 is 5.32 Å². The van der Waals surface area contributed by atoms with Gasteiger partial charge in [0.15, 0.2) is 0 Å². The molecule has 0 saturated heterocycles. The van der Waals surface area contributed by atoms with Crippen molar-refractivity contribution in [3.05, 3.63) is 23.8 Å². The minimum atomic E-state index is -0.217. The van der Waals surface area contributed by atoms with E-state index < -0.39 is 0 Å². The van der Waals surface area contributed by atoms with Crippen molar-refractivity contribution in [1.29, 1.82) is 0 Å². The predicted molar refractivity (Wildman–Crippen MR) is 75.2 cm³/mol. The Morgan fingerprint density at radius 3 is 2.39 bits per heavy atom. The molecule has 0 saturated carbocycles. The number of thioether (sulfide) groups is 1. The molecule has 4 nitrogen and oxygen atoms in total. The van der Waals surface area contributed by atoms with Crippen LogP contribution in [0.5, 0.6) is 11.5 Å². The summed E-state index contributed by atoms with van der Waals surface area (Å²) in [4.78, 5) is 0. The maximum atomic E-state index is 9.76. The lowest BCUT2D eigenvalue weighted by atomic mass is 10.0. The fourth-order valence-electron chi connectivity index (χ4n) is 1.91. The largest absolute Gasteiger partial charge is 0.507 e. The van der Waals surface area contributed by atoms with Gasteiger partial charge in [0.2, 0.25) is 0 Å². The Labute approximate surface area is 112 Å². The van der Waals surface area contributed by atoms with Crippen LogP contribution in [0.25, 0.3) is 0 Å². The van der Waals surface area contributed by atoms with Crippen LogP contribution in [0.15, 0.2) is 18.2 Å². The van der Waals surface area contributed by atoms with Crippen LogP contribution in [0, 0.1) is 0 Å². The number of phenolic OH excluding ortho intramolecular Hbond substituents is 2. The standard InChI is InChI=1S/C13H21NO3S/c1-9(14-10(8-15)6-7-18-2)13-11(16)4-3-5-12(13)17/h3-5,9-10,14-17H,6-8H2,1-2H3. The van der Waals surface area contributed by atoms with E-state index in [1.54, 1.807) is 30.0 Å². The van der Waals surface area contributed by atoms with Crippen molar-refractivity contribution in [2.24, 2.45) is 0 Å². The number of phenols is 2. The van der Waals surface area contributed by atoms with E-state index in [1.165, 1.54) is 0 Å². The number of hydrogen-bond acceptors (Lipinski definition) is 5. The predicted octanol–water partition coefficient (Wildman–Crippen LogP) is 1.86. The quantitative estimate of drug-likeness (QED) is 0.609. The van der Waals surface area contributed by atoms with Crippen molar-refractivity contribution >= 4 is 11.8 Å². The van der Waals surface area contributed by atoms with Gasteiger partial charge in [-0.1, -0.05) is 6.07 Å². The maximum absolute atomic E-state index is 9.76. The van der Waals surface area contributed by atoms with Gasteiger partial charge < -0.3 is 20.6 Å². The van der Waals surface area contributed by atoms with Crippen LogP contribution in [0.4, 0.5) is 0 Å². The number of benzene rings is 1. The van der Waals surface area contributed by atoms with Gasteiger partial charge in [0.25, 0.3) is 0 Å². The Morgan fingerprint density at radius 1 is 1.28 bits per heavy atom. The third-order valence-corrected chi connectivity index (χ3v) is 3.51. The highest BCUT2D eigenvalue weighted by Crippen LogP contribution is 2.32. The van der Waals surface area contributed by atoms with E-state index in [9.17, 15) is 15.3 Å². The van der Waals surface area contributed by atoms with Gasteiger partial charge in [-0.25, -0.2) is 0 Å². The lowest BCUT2D eigenvalue weighted by Gasteiger charge is -2.23. The van der Waals surface area contributed by atoms with E-state index in [-0.39, 0.29) is 30.2 Å². The number of hydrogen-bond donors (Lipinski definition) is 4. The zero-order valence-electron chi connectivity index (χ0n) is 10.8. The minimum Gasteiger partial charge on any atom is -0.507 e. The monoisotopic (exact) mass is 271 g/mol. The molecule has 1 aromatic rings. The summed E-state index contributed by atoms with van der Waals surface area (Å²) in [6.45, 7) is 1.90. The van der Waals surface area contributed by atoms with Crippen molar-refractivity contribution in [2.75, 3.05) is 18.6 Å². The smallest absolute Gasteiger partial charge is 0.124 e. The zero-order valence-corrected chi connectivity index (χ0v) is 11.6. The summed E-state index contributed by atoms with van der Waals surface area (Å²) in [5, 5.41) is 32.0. The third kappa shape index (κ3) is 4.08. The molecular formula is C13H21NO3S. The van der Waals surface area contributed by atoms with E-state index in [4.69, 9.17) is 0 Å². The summed E-state index contributed by atoms with van der Waals surface area (Å²) in [5.41, 5.74) is 0.472. The summed E-state index contributed by atoms with van der Waals surface area (Å²) >= 11 is 1.72. The number of nitrogens with one attached hydrogen (secondary N) is 1. The van der Waals surface area contributed by atoms with Crippen LogP contribution in [0.2, 0.25) is 0 Å². The molecule has 0 spiro atoms. The normalized spacial score (nSPS) is 14.4. The first-order valence-electron chi connectivity index (χ1n) is 5.96. The van der Waals surface area contributed by atoms with E-state index in [2.05, 4.69) is 5.32 Å². The highest BCUT2D eigenvalue weighted by Gasteiger charge is 2.18. The number of aromatic hydroxyl groups is 2. The Hall–Kier alpha value is -0.910. The molecule has 4 N–H and O–H groups in total. The van der Waals surface area contributed by atoms with Crippen LogP contribution in [-0.2, 0) is 0 Å². The molecule has 0 aliphatic heterocycles. The average Bonchev–Trinajstić information content (AvgIpc) is 2.34. The molecule has 0 aliphatic carbocycles.